The number of anilines is 2. The molecule has 3 aromatic carbocycles. The second kappa shape index (κ2) is 8.79. The fourth-order valence-electron chi connectivity index (χ4n) is 3.24. The van der Waals surface area contributed by atoms with E-state index in [9.17, 15) is 9.59 Å². The lowest BCUT2D eigenvalue weighted by Crippen LogP contribution is -2.18. The standard InChI is InChI=1S/C24H19ClN2O3S/c1-14-7-12-19(18(13-14)23(28)26-16-10-8-15(25)9-11-16)27-24(29)22-21(30-2)17-5-3-4-6-20(17)31-22/h3-13H,1-2H3,(H,26,28)(H,27,29). The molecule has 1 heterocycles. The van der Waals surface area contributed by atoms with Crippen LogP contribution in [0.1, 0.15) is 25.6 Å². The SMILES string of the molecule is COc1c(C(=O)Nc2ccc(C)cc2C(=O)Nc2ccc(Cl)cc2)sc2ccccc12. The molecule has 4 aromatic rings. The van der Waals surface area contributed by atoms with Gasteiger partial charge in [-0.3, -0.25) is 9.59 Å². The predicted molar refractivity (Wildman–Crippen MR) is 127 cm³/mol. The van der Waals surface area contributed by atoms with Gasteiger partial charge in [0.15, 0.2) is 0 Å². The lowest BCUT2D eigenvalue weighted by atomic mass is 10.1. The number of nitrogens with one attached hydrogen (secondary N) is 2. The van der Waals surface area contributed by atoms with E-state index in [0.717, 1.165) is 15.6 Å². The molecule has 0 saturated heterocycles. The summed E-state index contributed by atoms with van der Waals surface area (Å²) < 4.78 is 6.46. The maximum absolute atomic E-state index is 13.1. The summed E-state index contributed by atoms with van der Waals surface area (Å²) in [5.41, 5.74) is 2.29. The first-order valence-electron chi connectivity index (χ1n) is 9.50. The zero-order valence-corrected chi connectivity index (χ0v) is 18.4. The molecule has 7 heteroatoms. The van der Waals surface area contributed by atoms with E-state index in [2.05, 4.69) is 10.6 Å². The van der Waals surface area contributed by atoms with Crippen molar-refractivity contribution in [2.24, 2.45) is 0 Å². The summed E-state index contributed by atoms with van der Waals surface area (Å²) in [6, 6.07) is 19.8. The summed E-state index contributed by atoms with van der Waals surface area (Å²) in [6.07, 6.45) is 0. The molecular formula is C24H19ClN2O3S. The molecule has 0 aliphatic rings. The Morgan fingerprint density at radius 1 is 0.935 bits per heavy atom. The Labute approximate surface area is 188 Å². The highest BCUT2D eigenvalue weighted by atomic mass is 35.5. The van der Waals surface area contributed by atoms with Gasteiger partial charge in [-0.2, -0.15) is 0 Å². The summed E-state index contributed by atoms with van der Waals surface area (Å²) in [4.78, 5) is 26.5. The van der Waals surface area contributed by atoms with E-state index in [1.807, 2.05) is 37.3 Å². The number of fused-ring (bicyclic) bond motifs is 1. The predicted octanol–water partition coefficient (Wildman–Crippen LogP) is 6.38. The highest BCUT2D eigenvalue weighted by Gasteiger charge is 2.21. The highest BCUT2D eigenvalue weighted by molar-refractivity contribution is 7.21. The van der Waals surface area contributed by atoms with Gasteiger partial charge in [-0.1, -0.05) is 35.4 Å². The van der Waals surface area contributed by atoms with Gasteiger partial charge in [0.1, 0.15) is 10.6 Å². The van der Waals surface area contributed by atoms with E-state index in [0.29, 0.717) is 32.6 Å². The van der Waals surface area contributed by atoms with Crippen molar-refractivity contribution in [2.45, 2.75) is 6.92 Å². The summed E-state index contributed by atoms with van der Waals surface area (Å²) in [5, 5.41) is 7.18. The molecule has 156 valence electrons. The van der Waals surface area contributed by atoms with E-state index >= 15 is 0 Å². The molecule has 0 aliphatic heterocycles. The first-order valence-corrected chi connectivity index (χ1v) is 10.7. The number of hydrogen-bond acceptors (Lipinski definition) is 4. The Balaban J connectivity index is 1.64. The van der Waals surface area contributed by atoms with E-state index in [-0.39, 0.29) is 11.8 Å². The molecular weight excluding hydrogens is 432 g/mol. The van der Waals surface area contributed by atoms with Gasteiger partial charge < -0.3 is 15.4 Å². The Kier molecular flexibility index (Phi) is 5.93. The third-order valence-corrected chi connectivity index (χ3v) is 6.13. The lowest BCUT2D eigenvalue weighted by Gasteiger charge is -2.13. The number of amides is 2. The van der Waals surface area contributed by atoms with Crippen LogP contribution in [0.3, 0.4) is 0 Å². The van der Waals surface area contributed by atoms with Gasteiger partial charge in [-0.15, -0.1) is 11.3 Å². The summed E-state index contributed by atoms with van der Waals surface area (Å²) in [5.74, 6) is -0.135. The minimum Gasteiger partial charge on any atom is -0.494 e. The smallest absolute Gasteiger partial charge is 0.269 e. The number of aryl methyl sites for hydroxylation is 1. The molecule has 0 radical (unpaired) electrons. The number of hydrogen-bond donors (Lipinski definition) is 2. The topological polar surface area (TPSA) is 67.4 Å². The van der Waals surface area contributed by atoms with Crippen LogP contribution in [0.2, 0.25) is 5.02 Å². The van der Waals surface area contributed by atoms with E-state index < -0.39 is 0 Å². The van der Waals surface area contributed by atoms with Gasteiger partial charge in [-0.05, 0) is 55.5 Å². The van der Waals surface area contributed by atoms with Crippen LogP contribution in [-0.4, -0.2) is 18.9 Å². The summed E-state index contributed by atoms with van der Waals surface area (Å²) in [6.45, 7) is 1.89. The molecule has 4 rings (SSSR count). The van der Waals surface area contributed by atoms with Gasteiger partial charge in [0.25, 0.3) is 11.8 Å². The largest absolute Gasteiger partial charge is 0.494 e. The van der Waals surface area contributed by atoms with Crippen molar-refractivity contribution in [3.05, 3.63) is 87.8 Å². The maximum atomic E-state index is 13.1. The van der Waals surface area contributed by atoms with Crippen molar-refractivity contribution < 1.29 is 14.3 Å². The number of methoxy groups -OCH3 is 1. The van der Waals surface area contributed by atoms with Crippen molar-refractivity contribution in [1.29, 1.82) is 0 Å². The van der Waals surface area contributed by atoms with Crippen LogP contribution in [-0.2, 0) is 0 Å². The van der Waals surface area contributed by atoms with Gasteiger partial charge in [0.2, 0.25) is 0 Å². The Bertz CT molecular complexity index is 1280. The highest BCUT2D eigenvalue weighted by Crippen LogP contribution is 2.38. The van der Waals surface area contributed by atoms with E-state index in [1.54, 1.807) is 43.5 Å². The number of carbonyl (C=O) groups is 2. The summed E-state index contributed by atoms with van der Waals surface area (Å²) in [7, 11) is 1.54. The molecule has 0 fully saturated rings. The molecule has 31 heavy (non-hydrogen) atoms. The molecule has 2 N–H and O–H groups in total. The molecule has 0 bridgehead atoms. The van der Waals surface area contributed by atoms with Gasteiger partial charge in [0.05, 0.1) is 18.4 Å². The van der Waals surface area contributed by atoms with Crippen LogP contribution in [0.5, 0.6) is 5.75 Å². The first-order chi connectivity index (χ1) is 15.0. The average Bonchev–Trinajstić information content (AvgIpc) is 3.15. The van der Waals surface area contributed by atoms with Crippen LogP contribution in [0, 0.1) is 6.92 Å². The van der Waals surface area contributed by atoms with Crippen molar-refractivity contribution in [1.82, 2.24) is 0 Å². The number of halogens is 1. The van der Waals surface area contributed by atoms with Crippen molar-refractivity contribution in [2.75, 3.05) is 17.7 Å². The fourth-order valence-corrected chi connectivity index (χ4v) is 4.43. The van der Waals surface area contributed by atoms with Crippen LogP contribution in [0.15, 0.2) is 66.7 Å². The van der Waals surface area contributed by atoms with Crippen molar-refractivity contribution >= 4 is 56.2 Å². The van der Waals surface area contributed by atoms with Crippen LogP contribution in [0.25, 0.3) is 10.1 Å². The monoisotopic (exact) mass is 450 g/mol. The number of ether oxygens (including phenoxy) is 1. The maximum Gasteiger partial charge on any atom is 0.269 e. The number of rotatable bonds is 5. The Morgan fingerprint density at radius 2 is 1.68 bits per heavy atom. The number of carbonyl (C=O) groups excluding carboxylic acids is 2. The molecule has 2 amide bonds. The van der Waals surface area contributed by atoms with Gasteiger partial charge in [-0.25, -0.2) is 0 Å². The molecule has 0 saturated carbocycles. The van der Waals surface area contributed by atoms with Gasteiger partial charge >= 0.3 is 0 Å². The molecule has 0 aliphatic carbocycles. The van der Waals surface area contributed by atoms with Crippen molar-refractivity contribution in [3.8, 4) is 5.75 Å². The van der Waals surface area contributed by atoms with E-state index in [1.165, 1.54) is 11.3 Å². The van der Waals surface area contributed by atoms with Crippen LogP contribution >= 0.6 is 22.9 Å². The normalized spacial score (nSPS) is 10.7. The van der Waals surface area contributed by atoms with Gasteiger partial charge in [0, 0.05) is 20.8 Å². The lowest BCUT2D eigenvalue weighted by molar-refractivity contribution is 0.102. The molecule has 0 atom stereocenters. The minimum atomic E-state index is -0.331. The Hall–Kier alpha value is -3.35. The van der Waals surface area contributed by atoms with Crippen molar-refractivity contribution in [3.63, 3.8) is 0 Å². The third kappa shape index (κ3) is 4.40. The number of thiophene rings is 1. The van der Waals surface area contributed by atoms with E-state index in [4.69, 9.17) is 16.3 Å². The fraction of sp³-hybridized carbons (Fsp3) is 0.0833. The average molecular weight is 451 g/mol. The molecule has 1 aromatic heterocycles. The quantitative estimate of drug-likeness (QED) is 0.371. The first kappa shape index (κ1) is 20.9. The summed E-state index contributed by atoms with van der Waals surface area (Å²) >= 11 is 7.26. The second-order valence-electron chi connectivity index (χ2n) is 6.92. The van der Waals surface area contributed by atoms with Crippen LogP contribution in [0.4, 0.5) is 11.4 Å². The zero-order chi connectivity index (χ0) is 22.0. The third-order valence-electron chi connectivity index (χ3n) is 4.73. The molecule has 0 unspecified atom stereocenters. The Morgan fingerprint density at radius 3 is 2.42 bits per heavy atom. The van der Waals surface area contributed by atoms with Crippen LogP contribution < -0.4 is 15.4 Å². The minimum absolute atomic E-state index is 0.329. The number of benzene rings is 3. The molecule has 5 nitrogen and oxygen atoms in total. The zero-order valence-electron chi connectivity index (χ0n) is 16.9. The second-order valence-corrected chi connectivity index (χ2v) is 8.41. The molecule has 0 spiro atoms.